The Morgan fingerprint density at radius 1 is 1.00 bits per heavy atom. The van der Waals surface area contributed by atoms with Gasteiger partial charge in [-0.25, -0.2) is 8.42 Å². The van der Waals surface area contributed by atoms with Crippen LogP contribution in [0.25, 0.3) is 0 Å². The average molecular weight is 503 g/mol. The first-order valence-corrected chi connectivity index (χ1v) is 11.1. The lowest BCUT2D eigenvalue weighted by Crippen LogP contribution is -2.11. The van der Waals surface area contributed by atoms with E-state index in [1.807, 2.05) is 30.3 Å². The van der Waals surface area contributed by atoms with Gasteiger partial charge in [0, 0.05) is 10.5 Å². The summed E-state index contributed by atoms with van der Waals surface area (Å²) in [6, 6.07) is 18.2. The number of hydrogen-bond acceptors (Lipinski definition) is 4. The Kier molecular flexibility index (Phi) is 5.83. The molecule has 1 aromatic heterocycles. The van der Waals surface area contributed by atoms with Gasteiger partial charge in [0.2, 0.25) is 0 Å². The van der Waals surface area contributed by atoms with Crippen molar-refractivity contribution in [1.82, 2.24) is 0 Å². The van der Waals surface area contributed by atoms with Crippen molar-refractivity contribution in [3.8, 4) is 5.75 Å². The molecule has 0 aliphatic rings. The maximum atomic E-state index is 12.5. The molecule has 0 aliphatic heterocycles. The number of benzene rings is 2. The highest BCUT2D eigenvalue weighted by molar-refractivity contribution is 9.13. The number of nitrogens with one attached hydrogen (secondary N) is 1. The molecule has 4 nitrogen and oxygen atoms in total. The zero-order valence-corrected chi connectivity index (χ0v) is 17.6. The van der Waals surface area contributed by atoms with Crippen LogP contribution in [0.2, 0.25) is 0 Å². The van der Waals surface area contributed by atoms with E-state index in [0.29, 0.717) is 22.5 Å². The van der Waals surface area contributed by atoms with Crippen LogP contribution < -0.4 is 9.46 Å². The Labute approximate surface area is 167 Å². The van der Waals surface area contributed by atoms with Crippen molar-refractivity contribution in [3.05, 3.63) is 74.5 Å². The van der Waals surface area contributed by atoms with Crippen molar-refractivity contribution in [2.45, 2.75) is 10.8 Å². The lowest BCUT2D eigenvalue weighted by molar-refractivity contribution is 0.306. The lowest BCUT2D eigenvalue weighted by Gasteiger charge is -2.10. The van der Waals surface area contributed by atoms with Gasteiger partial charge in [0.1, 0.15) is 16.6 Å². The molecule has 0 spiro atoms. The van der Waals surface area contributed by atoms with Crippen molar-refractivity contribution < 1.29 is 13.2 Å². The number of thiophene rings is 1. The third-order valence-electron chi connectivity index (χ3n) is 3.22. The molecular formula is C17H13Br2NO3S2. The van der Waals surface area contributed by atoms with E-state index in [-0.39, 0.29) is 4.21 Å². The van der Waals surface area contributed by atoms with Gasteiger partial charge < -0.3 is 4.74 Å². The van der Waals surface area contributed by atoms with Crippen LogP contribution >= 0.6 is 43.2 Å². The van der Waals surface area contributed by atoms with E-state index in [1.165, 1.54) is 0 Å². The van der Waals surface area contributed by atoms with Gasteiger partial charge in [0.15, 0.2) is 0 Å². The third-order valence-corrected chi connectivity index (χ3v) is 8.33. The summed E-state index contributed by atoms with van der Waals surface area (Å²) in [6.45, 7) is 0.419. The molecular weight excluding hydrogens is 490 g/mol. The minimum atomic E-state index is -3.65. The van der Waals surface area contributed by atoms with E-state index in [9.17, 15) is 8.42 Å². The second kappa shape index (κ2) is 7.90. The van der Waals surface area contributed by atoms with Gasteiger partial charge in [-0.3, -0.25) is 4.72 Å². The first-order chi connectivity index (χ1) is 11.9. The zero-order valence-electron chi connectivity index (χ0n) is 12.8. The molecule has 1 N–H and O–H groups in total. The highest BCUT2D eigenvalue weighted by Crippen LogP contribution is 2.35. The second-order valence-electron chi connectivity index (χ2n) is 5.09. The molecule has 0 atom stereocenters. The van der Waals surface area contributed by atoms with E-state index < -0.39 is 10.0 Å². The Hall–Kier alpha value is -1.35. The van der Waals surface area contributed by atoms with Crippen molar-refractivity contribution >= 4 is 58.9 Å². The number of sulfonamides is 1. The van der Waals surface area contributed by atoms with Gasteiger partial charge in [-0.2, -0.15) is 0 Å². The van der Waals surface area contributed by atoms with Crippen LogP contribution in [0.5, 0.6) is 5.75 Å². The minimum Gasteiger partial charge on any atom is -0.489 e. The lowest BCUT2D eigenvalue weighted by atomic mass is 10.2. The van der Waals surface area contributed by atoms with Gasteiger partial charge >= 0.3 is 0 Å². The zero-order chi connectivity index (χ0) is 17.9. The summed E-state index contributed by atoms with van der Waals surface area (Å²) in [7, 11) is -3.65. The summed E-state index contributed by atoms with van der Waals surface area (Å²) in [6.07, 6.45) is 0. The van der Waals surface area contributed by atoms with Crippen LogP contribution in [0.1, 0.15) is 5.56 Å². The third kappa shape index (κ3) is 4.84. The predicted octanol–water partition coefficient (Wildman–Crippen LogP) is 5.65. The maximum Gasteiger partial charge on any atom is 0.271 e. The van der Waals surface area contributed by atoms with Crippen LogP contribution in [0, 0.1) is 0 Å². The fraction of sp³-hybridized carbons (Fsp3) is 0.0588. The Morgan fingerprint density at radius 3 is 2.44 bits per heavy atom. The summed E-state index contributed by atoms with van der Waals surface area (Å²) in [5, 5.41) is 0. The van der Waals surface area contributed by atoms with E-state index in [1.54, 1.807) is 30.3 Å². The average Bonchev–Trinajstić information content (AvgIpc) is 2.94. The number of halogens is 2. The van der Waals surface area contributed by atoms with Crippen molar-refractivity contribution in [1.29, 1.82) is 0 Å². The molecule has 2 aromatic carbocycles. The van der Waals surface area contributed by atoms with E-state index in [0.717, 1.165) is 20.7 Å². The molecule has 0 unspecified atom stereocenters. The van der Waals surface area contributed by atoms with Crippen molar-refractivity contribution in [3.63, 3.8) is 0 Å². The summed E-state index contributed by atoms with van der Waals surface area (Å²) < 4.78 is 34.9. The topological polar surface area (TPSA) is 55.4 Å². The van der Waals surface area contributed by atoms with Crippen LogP contribution in [0.3, 0.4) is 0 Å². The molecule has 0 radical (unpaired) electrons. The summed E-state index contributed by atoms with van der Waals surface area (Å²) in [5.74, 6) is 0.595. The van der Waals surface area contributed by atoms with E-state index in [4.69, 9.17) is 4.74 Å². The van der Waals surface area contributed by atoms with Crippen LogP contribution in [0.4, 0.5) is 5.69 Å². The van der Waals surface area contributed by atoms with Gasteiger partial charge in [-0.05, 0) is 55.6 Å². The molecule has 3 rings (SSSR count). The van der Waals surface area contributed by atoms with Crippen LogP contribution in [-0.2, 0) is 16.6 Å². The Bertz CT molecular complexity index is 953. The minimum absolute atomic E-state index is 0.224. The van der Waals surface area contributed by atoms with Gasteiger partial charge in [-0.15, -0.1) is 11.3 Å². The highest BCUT2D eigenvalue weighted by Gasteiger charge is 2.19. The van der Waals surface area contributed by atoms with Gasteiger partial charge in [-0.1, -0.05) is 36.4 Å². The predicted molar refractivity (Wildman–Crippen MR) is 108 cm³/mol. The quantitative estimate of drug-likeness (QED) is 0.473. The van der Waals surface area contributed by atoms with Crippen LogP contribution in [0.15, 0.2) is 73.1 Å². The molecule has 130 valence electrons. The molecule has 0 bridgehead atoms. The number of anilines is 1. The highest BCUT2D eigenvalue weighted by atomic mass is 79.9. The number of rotatable bonds is 6. The molecule has 3 aromatic rings. The molecule has 1 heterocycles. The standard InChI is InChI=1S/C17H13Br2NO3S2/c18-15-10-16(24-17(15)19)25(21,22)20-13-7-4-8-14(9-13)23-11-12-5-2-1-3-6-12/h1-10,20H,11H2. The Balaban J connectivity index is 1.73. The maximum absolute atomic E-state index is 12.5. The van der Waals surface area contributed by atoms with E-state index in [2.05, 4.69) is 36.6 Å². The smallest absolute Gasteiger partial charge is 0.271 e. The normalized spacial score (nSPS) is 11.3. The van der Waals surface area contributed by atoms with Gasteiger partial charge in [0.25, 0.3) is 10.0 Å². The SMILES string of the molecule is O=S(=O)(Nc1cccc(OCc2ccccc2)c1)c1cc(Br)c(Br)s1. The fourth-order valence-corrected chi connectivity index (χ4v) is 5.92. The van der Waals surface area contributed by atoms with Crippen molar-refractivity contribution in [2.24, 2.45) is 0 Å². The molecule has 0 amide bonds. The summed E-state index contributed by atoms with van der Waals surface area (Å²) in [5.41, 5.74) is 1.49. The molecule has 25 heavy (non-hydrogen) atoms. The monoisotopic (exact) mass is 501 g/mol. The van der Waals surface area contributed by atoms with E-state index >= 15 is 0 Å². The largest absolute Gasteiger partial charge is 0.489 e. The van der Waals surface area contributed by atoms with Gasteiger partial charge in [0.05, 0.1) is 9.47 Å². The molecule has 0 saturated heterocycles. The first kappa shape index (κ1) is 18.4. The number of ether oxygens (including phenoxy) is 1. The fourth-order valence-electron chi connectivity index (χ4n) is 2.05. The molecule has 0 aliphatic carbocycles. The van der Waals surface area contributed by atoms with Crippen molar-refractivity contribution in [2.75, 3.05) is 4.72 Å². The summed E-state index contributed by atoms with van der Waals surface area (Å²) >= 11 is 7.75. The second-order valence-corrected chi connectivity index (χ2v) is 10.2. The molecule has 0 fully saturated rings. The summed E-state index contributed by atoms with van der Waals surface area (Å²) in [4.78, 5) is 0. The molecule has 0 saturated carbocycles. The first-order valence-electron chi connectivity index (χ1n) is 7.18. The number of hydrogen-bond donors (Lipinski definition) is 1. The Morgan fingerprint density at radius 2 is 1.76 bits per heavy atom. The van der Waals surface area contributed by atoms with Crippen LogP contribution in [-0.4, -0.2) is 8.42 Å². The molecule has 8 heteroatoms.